The monoisotopic (exact) mass is 390 g/mol. The molecule has 0 spiro atoms. The highest BCUT2D eigenvalue weighted by molar-refractivity contribution is 5.69. The van der Waals surface area contributed by atoms with Crippen LogP contribution in [0, 0.1) is 0 Å². The second kappa shape index (κ2) is 9.86. The summed E-state index contributed by atoms with van der Waals surface area (Å²) in [6.45, 7) is 5.15. The Morgan fingerprint density at radius 2 is 1.26 bits per heavy atom. The van der Waals surface area contributed by atoms with Crippen LogP contribution >= 0.6 is 0 Å². The molecule has 0 aromatic heterocycles. The number of hydrogen-bond donors (Lipinski definition) is 0. The maximum Gasteiger partial charge on any atom is 0.305 e. The van der Waals surface area contributed by atoms with Gasteiger partial charge in [0.25, 0.3) is 0 Å². The fourth-order valence-electron chi connectivity index (χ4n) is 2.46. The van der Waals surface area contributed by atoms with Gasteiger partial charge < -0.3 is 28.4 Å². The zero-order valence-electron chi connectivity index (χ0n) is 15.6. The minimum Gasteiger partial charge on any atom is -0.462 e. The number of esters is 5. The molecule has 1 saturated heterocycles. The third-order valence-electron chi connectivity index (χ3n) is 3.23. The van der Waals surface area contributed by atoms with Gasteiger partial charge >= 0.3 is 29.8 Å². The largest absolute Gasteiger partial charge is 0.462 e. The highest BCUT2D eigenvalue weighted by Gasteiger charge is 2.55. The van der Waals surface area contributed by atoms with Crippen LogP contribution in [0.4, 0.5) is 0 Å². The quantitative estimate of drug-likeness (QED) is 0.415. The molecule has 152 valence electrons. The van der Waals surface area contributed by atoms with Crippen LogP contribution in [0.1, 0.15) is 34.6 Å². The third kappa shape index (κ3) is 7.21. The first-order valence-corrected chi connectivity index (χ1v) is 7.99. The van der Waals surface area contributed by atoms with Crippen LogP contribution in [-0.2, 0) is 52.4 Å². The summed E-state index contributed by atoms with van der Waals surface area (Å²) in [6.07, 6.45) is -6.46. The molecule has 1 aliphatic rings. The van der Waals surface area contributed by atoms with Gasteiger partial charge in [-0.1, -0.05) is 0 Å². The second-order valence-corrected chi connectivity index (χ2v) is 5.68. The number of carbonyl (C=O) groups excluding carboxylic acids is 5. The molecule has 11 heteroatoms. The molecule has 0 N–H and O–H groups in total. The van der Waals surface area contributed by atoms with Crippen molar-refractivity contribution in [3.63, 3.8) is 0 Å². The highest BCUT2D eigenvalue weighted by atomic mass is 16.8. The van der Waals surface area contributed by atoms with E-state index in [2.05, 4.69) is 0 Å². The van der Waals surface area contributed by atoms with Crippen LogP contribution < -0.4 is 0 Å². The molecule has 2 unspecified atom stereocenters. The molecule has 0 saturated carbocycles. The molecule has 0 radical (unpaired) electrons. The molecule has 1 rings (SSSR count). The molecule has 1 fully saturated rings. The normalized spacial score (nSPS) is 25.1. The molecule has 1 aliphatic heterocycles. The van der Waals surface area contributed by atoms with Crippen molar-refractivity contribution in [2.45, 2.75) is 65.3 Å². The Labute approximate surface area is 155 Å². The van der Waals surface area contributed by atoms with Gasteiger partial charge in [-0.2, -0.15) is 0 Å². The molecule has 0 aliphatic carbocycles. The Kier molecular flexibility index (Phi) is 8.16. The van der Waals surface area contributed by atoms with Crippen LogP contribution in [0.15, 0.2) is 0 Å². The van der Waals surface area contributed by atoms with Crippen molar-refractivity contribution in [3.8, 4) is 0 Å². The van der Waals surface area contributed by atoms with E-state index in [4.69, 9.17) is 28.4 Å². The van der Waals surface area contributed by atoms with Gasteiger partial charge in [-0.05, 0) is 0 Å². The molecule has 0 aromatic carbocycles. The third-order valence-corrected chi connectivity index (χ3v) is 3.23. The molecular formula is C16H22O11. The summed E-state index contributed by atoms with van der Waals surface area (Å²) in [5.74, 6) is -3.62. The lowest BCUT2D eigenvalue weighted by Gasteiger charge is -2.27. The summed E-state index contributed by atoms with van der Waals surface area (Å²) in [7, 11) is 0. The number of hydrogen-bond acceptors (Lipinski definition) is 11. The van der Waals surface area contributed by atoms with E-state index >= 15 is 0 Å². The van der Waals surface area contributed by atoms with Crippen molar-refractivity contribution in [3.05, 3.63) is 0 Å². The number of carbonyl (C=O) groups is 5. The lowest BCUT2D eigenvalue weighted by atomic mass is 10.1. The minimum atomic E-state index is -1.42. The zero-order valence-corrected chi connectivity index (χ0v) is 15.6. The first kappa shape index (κ1) is 22.4. The van der Waals surface area contributed by atoms with Crippen molar-refractivity contribution in [2.24, 2.45) is 0 Å². The van der Waals surface area contributed by atoms with Crippen molar-refractivity contribution in [1.82, 2.24) is 0 Å². The molecule has 5 atom stereocenters. The van der Waals surface area contributed by atoms with Crippen LogP contribution in [0.2, 0.25) is 0 Å². The lowest BCUT2D eigenvalue weighted by Crippen LogP contribution is -2.46. The van der Waals surface area contributed by atoms with E-state index in [0.29, 0.717) is 0 Å². The first-order valence-electron chi connectivity index (χ1n) is 7.99. The molecule has 0 bridgehead atoms. The van der Waals surface area contributed by atoms with Crippen molar-refractivity contribution < 1.29 is 52.4 Å². The Hall–Kier alpha value is -2.69. The summed E-state index contributed by atoms with van der Waals surface area (Å²) >= 11 is 0. The van der Waals surface area contributed by atoms with Crippen LogP contribution in [0.3, 0.4) is 0 Å². The van der Waals surface area contributed by atoms with E-state index in [0.717, 1.165) is 34.6 Å². The Morgan fingerprint density at radius 3 is 1.70 bits per heavy atom. The van der Waals surface area contributed by atoms with Crippen molar-refractivity contribution in [1.29, 1.82) is 0 Å². The average Bonchev–Trinajstić information content (AvgIpc) is 2.79. The summed E-state index contributed by atoms with van der Waals surface area (Å²) in [4.78, 5) is 56.7. The second-order valence-electron chi connectivity index (χ2n) is 5.68. The summed E-state index contributed by atoms with van der Waals surface area (Å²) in [5.41, 5.74) is 0. The predicted octanol–water partition coefficient (Wildman–Crippen LogP) is -0.367. The molecule has 1 heterocycles. The van der Waals surface area contributed by atoms with Crippen LogP contribution in [-0.4, -0.2) is 67.2 Å². The van der Waals surface area contributed by atoms with E-state index in [-0.39, 0.29) is 0 Å². The van der Waals surface area contributed by atoms with Crippen LogP contribution in [0.25, 0.3) is 0 Å². The van der Waals surface area contributed by atoms with E-state index < -0.39 is 67.2 Å². The standard InChI is InChI=1S/C16H22O11/c1-7(17)22-6-12(23-8(2)18)13-14(24-9(3)19)15(25-10(4)20)16(27-13)26-11(5)21/h12-16H,6H2,1-5H3/t12?,13-,14-,15-,16?/m1/s1. The molecule has 11 nitrogen and oxygen atoms in total. The van der Waals surface area contributed by atoms with Crippen molar-refractivity contribution in [2.75, 3.05) is 6.61 Å². The van der Waals surface area contributed by atoms with Gasteiger partial charge in [0.1, 0.15) is 12.7 Å². The number of rotatable bonds is 7. The van der Waals surface area contributed by atoms with Crippen LogP contribution in [0.5, 0.6) is 0 Å². The van der Waals surface area contributed by atoms with E-state index in [1.807, 2.05) is 0 Å². The molecule has 0 aromatic rings. The predicted molar refractivity (Wildman–Crippen MR) is 83.7 cm³/mol. The Balaban J connectivity index is 3.20. The van der Waals surface area contributed by atoms with Gasteiger partial charge in [0.05, 0.1) is 0 Å². The maximum atomic E-state index is 11.5. The smallest absolute Gasteiger partial charge is 0.305 e. The topological polar surface area (TPSA) is 141 Å². The lowest BCUT2D eigenvalue weighted by molar-refractivity contribution is -0.203. The van der Waals surface area contributed by atoms with Crippen molar-refractivity contribution >= 4 is 29.8 Å². The highest BCUT2D eigenvalue weighted by Crippen LogP contribution is 2.31. The van der Waals surface area contributed by atoms with Gasteiger partial charge in [0.15, 0.2) is 12.2 Å². The van der Waals surface area contributed by atoms with E-state index in [1.54, 1.807) is 0 Å². The Morgan fingerprint density at radius 1 is 0.741 bits per heavy atom. The summed E-state index contributed by atoms with van der Waals surface area (Å²) < 4.78 is 30.7. The molecule has 0 amide bonds. The zero-order chi connectivity index (χ0) is 20.7. The summed E-state index contributed by atoms with van der Waals surface area (Å²) in [6, 6.07) is 0. The van der Waals surface area contributed by atoms with E-state index in [1.165, 1.54) is 0 Å². The number of ether oxygens (including phenoxy) is 6. The molecule has 27 heavy (non-hydrogen) atoms. The maximum absolute atomic E-state index is 11.5. The van der Waals surface area contributed by atoms with Gasteiger partial charge in [0.2, 0.25) is 12.4 Å². The first-order chi connectivity index (χ1) is 12.5. The average molecular weight is 390 g/mol. The molecular weight excluding hydrogens is 368 g/mol. The van der Waals surface area contributed by atoms with E-state index in [9.17, 15) is 24.0 Å². The van der Waals surface area contributed by atoms with Gasteiger partial charge in [0, 0.05) is 34.6 Å². The van der Waals surface area contributed by atoms with Gasteiger partial charge in [-0.25, -0.2) is 0 Å². The van der Waals surface area contributed by atoms with Gasteiger partial charge in [-0.3, -0.25) is 24.0 Å². The van der Waals surface area contributed by atoms with Gasteiger partial charge in [-0.15, -0.1) is 0 Å². The minimum absolute atomic E-state index is 0.420. The SMILES string of the molecule is CC(=O)OCC(OC(C)=O)[C@H]1OC(OC(C)=O)[C@H](OC(C)=O)[C@@H]1OC(C)=O. The fourth-order valence-corrected chi connectivity index (χ4v) is 2.46. The summed E-state index contributed by atoms with van der Waals surface area (Å²) in [5, 5.41) is 0. The Bertz CT molecular complexity index is 599. The fraction of sp³-hybridized carbons (Fsp3) is 0.688.